The fourth-order valence-corrected chi connectivity index (χ4v) is 2.60. The van der Waals surface area contributed by atoms with Gasteiger partial charge in [-0.2, -0.15) is 0 Å². The van der Waals surface area contributed by atoms with Crippen LogP contribution in [0, 0.1) is 11.6 Å². The van der Waals surface area contributed by atoms with Gasteiger partial charge in [0.15, 0.2) is 6.61 Å². The highest BCUT2D eigenvalue weighted by Crippen LogP contribution is 2.17. The van der Waals surface area contributed by atoms with E-state index < -0.39 is 40.9 Å². The zero-order valence-electron chi connectivity index (χ0n) is 12.2. The van der Waals surface area contributed by atoms with Crippen LogP contribution in [0.4, 0.5) is 13.6 Å². The summed E-state index contributed by atoms with van der Waals surface area (Å²) in [5, 5.41) is 1.93. The number of esters is 1. The molecule has 0 atom stereocenters. The van der Waals surface area contributed by atoms with Crippen LogP contribution in [0.5, 0.6) is 0 Å². The summed E-state index contributed by atoms with van der Waals surface area (Å²) in [5.74, 6) is -4.50. The third-order valence-electron chi connectivity index (χ3n) is 3.00. The summed E-state index contributed by atoms with van der Waals surface area (Å²) in [6.45, 7) is -0.780. The molecule has 1 fully saturated rings. The summed E-state index contributed by atoms with van der Waals surface area (Å²) in [6.07, 6.45) is 0. The summed E-state index contributed by atoms with van der Waals surface area (Å²) < 4.78 is 31.3. The maximum Gasteiger partial charge on any atom is 0.344 e. The van der Waals surface area contributed by atoms with E-state index >= 15 is 0 Å². The predicted molar refractivity (Wildman–Crippen MR) is 79.2 cm³/mol. The molecule has 0 saturated carbocycles. The molecule has 3 amide bonds. The maximum atomic E-state index is 13.4. The Morgan fingerprint density at radius 3 is 2.50 bits per heavy atom. The molecule has 1 aliphatic rings. The first-order valence-electron chi connectivity index (χ1n) is 6.75. The monoisotopic (exact) mass is 358 g/mol. The third kappa shape index (κ3) is 4.28. The van der Waals surface area contributed by atoms with Crippen LogP contribution < -0.4 is 5.32 Å². The normalized spacial score (nSPS) is 14.0. The van der Waals surface area contributed by atoms with Crippen LogP contribution in [0.1, 0.15) is 10.4 Å². The second-order valence-corrected chi connectivity index (χ2v) is 5.55. The van der Waals surface area contributed by atoms with Gasteiger partial charge in [-0.05, 0) is 12.1 Å². The third-order valence-corrected chi connectivity index (χ3v) is 3.86. The van der Waals surface area contributed by atoms with Gasteiger partial charge in [0, 0.05) is 13.1 Å². The average Bonchev–Trinajstić information content (AvgIpc) is 2.84. The number of hydrogen-bond donors (Lipinski definition) is 1. The Labute approximate surface area is 139 Å². The van der Waals surface area contributed by atoms with Crippen LogP contribution in [0.15, 0.2) is 18.2 Å². The number of amides is 3. The molecule has 1 aromatic rings. The number of nitrogens with zero attached hydrogens (tertiary/aromatic N) is 1. The smallest absolute Gasteiger partial charge is 0.344 e. The van der Waals surface area contributed by atoms with Crippen LogP contribution in [0.25, 0.3) is 0 Å². The molecule has 1 aliphatic heterocycles. The number of hydrogen-bond acceptors (Lipinski definition) is 6. The summed E-state index contributed by atoms with van der Waals surface area (Å²) in [7, 11) is 0. The molecular weight excluding hydrogens is 346 g/mol. The molecule has 1 aromatic carbocycles. The van der Waals surface area contributed by atoms with Crippen molar-refractivity contribution >= 4 is 34.8 Å². The molecule has 24 heavy (non-hydrogen) atoms. The molecule has 0 aliphatic carbocycles. The van der Waals surface area contributed by atoms with E-state index in [1.54, 1.807) is 0 Å². The number of imide groups is 1. The van der Waals surface area contributed by atoms with Gasteiger partial charge < -0.3 is 10.1 Å². The van der Waals surface area contributed by atoms with E-state index in [-0.39, 0.29) is 24.7 Å². The van der Waals surface area contributed by atoms with Gasteiger partial charge in [0.05, 0.1) is 5.75 Å². The van der Waals surface area contributed by atoms with E-state index in [0.29, 0.717) is 0 Å². The predicted octanol–water partition coefficient (Wildman–Crippen LogP) is 0.933. The number of carbonyl (C=O) groups is 4. The van der Waals surface area contributed by atoms with Gasteiger partial charge >= 0.3 is 5.97 Å². The molecule has 1 N–H and O–H groups in total. The van der Waals surface area contributed by atoms with Crippen molar-refractivity contribution in [2.45, 2.75) is 0 Å². The number of benzene rings is 1. The van der Waals surface area contributed by atoms with Crippen molar-refractivity contribution in [1.29, 1.82) is 0 Å². The Morgan fingerprint density at radius 1 is 1.25 bits per heavy atom. The van der Waals surface area contributed by atoms with Crippen LogP contribution in [0.2, 0.25) is 0 Å². The highest BCUT2D eigenvalue weighted by atomic mass is 32.2. The molecule has 0 unspecified atom stereocenters. The number of halogens is 2. The lowest BCUT2D eigenvalue weighted by Crippen LogP contribution is -2.38. The van der Waals surface area contributed by atoms with E-state index in [1.165, 1.54) is 0 Å². The highest BCUT2D eigenvalue weighted by Gasteiger charge is 2.29. The lowest BCUT2D eigenvalue weighted by Gasteiger charge is -2.13. The van der Waals surface area contributed by atoms with Crippen LogP contribution in [-0.4, -0.2) is 53.4 Å². The molecule has 2 rings (SSSR count). The Morgan fingerprint density at radius 2 is 1.92 bits per heavy atom. The summed E-state index contributed by atoms with van der Waals surface area (Å²) in [5.41, 5.74) is -0.879. The Kier molecular flexibility index (Phi) is 5.85. The second kappa shape index (κ2) is 7.86. The minimum atomic E-state index is -1.30. The number of ether oxygens (including phenoxy) is 1. The van der Waals surface area contributed by atoms with Crippen molar-refractivity contribution in [1.82, 2.24) is 10.2 Å². The van der Waals surface area contributed by atoms with Gasteiger partial charge in [-0.25, -0.2) is 13.6 Å². The summed E-state index contributed by atoms with van der Waals surface area (Å²) in [4.78, 5) is 46.7. The van der Waals surface area contributed by atoms with E-state index in [4.69, 9.17) is 0 Å². The Balaban J connectivity index is 1.76. The van der Waals surface area contributed by atoms with Gasteiger partial charge in [-0.15, -0.1) is 0 Å². The van der Waals surface area contributed by atoms with Crippen molar-refractivity contribution in [2.24, 2.45) is 0 Å². The van der Waals surface area contributed by atoms with Crippen molar-refractivity contribution in [3.05, 3.63) is 35.4 Å². The van der Waals surface area contributed by atoms with Crippen molar-refractivity contribution < 1.29 is 32.7 Å². The molecule has 1 heterocycles. The van der Waals surface area contributed by atoms with Crippen molar-refractivity contribution in [2.75, 3.05) is 25.4 Å². The fourth-order valence-electron chi connectivity index (χ4n) is 1.85. The van der Waals surface area contributed by atoms with E-state index in [9.17, 15) is 28.0 Å². The Hall–Kier alpha value is -2.49. The zero-order chi connectivity index (χ0) is 17.7. The molecular formula is C14H12F2N2O5S. The minimum Gasteiger partial charge on any atom is -0.452 e. The first-order chi connectivity index (χ1) is 11.4. The molecule has 0 spiro atoms. The Bertz CT molecular complexity index is 661. The number of thioether (sulfide) groups is 1. The standard InChI is InChI=1S/C14H12F2N2O5S/c15-8-2-1-3-9(16)12(8)13(21)23-6-10(19)17-4-5-18-11(20)7-24-14(18)22/h1-3H,4-7H2,(H,17,19). The molecule has 7 nitrogen and oxygen atoms in total. The number of rotatable bonds is 6. The second-order valence-electron chi connectivity index (χ2n) is 4.62. The van der Waals surface area contributed by atoms with Gasteiger partial charge in [-0.3, -0.25) is 19.3 Å². The molecule has 0 bridgehead atoms. The number of carbonyl (C=O) groups excluding carboxylic acids is 4. The molecule has 0 radical (unpaired) electrons. The molecule has 1 saturated heterocycles. The lowest BCUT2D eigenvalue weighted by molar-refractivity contribution is -0.126. The van der Waals surface area contributed by atoms with Gasteiger partial charge in [0.2, 0.25) is 5.91 Å². The maximum absolute atomic E-state index is 13.4. The van der Waals surface area contributed by atoms with E-state index in [1.807, 2.05) is 0 Å². The van der Waals surface area contributed by atoms with Crippen molar-refractivity contribution in [3.8, 4) is 0 Å². The van der Waals surface area contributed by atoms with Crippen LogP contribution in [0.3, 0.4) is 0 Å². The van der Waals surface area contributed by atoms with Gasteiger partial charge in [0.1, 0.15) is 17.2 Å². The summed E-state index contributed by atoms with van der Waals surface area (Å²) >= 11 is 0.871. The SMILES string of the molecule is O=C(COC(=O)c1c(F)cccc1F)NCCN1C(=O)CSC1=O. The quantitative estimate of drug-likeness (QED) is 0.761. The molecule has 0 aromatic heterocycles. The molecule has 128 valence electrons. The minimum absolute atomic E-state index is 0.00764. The summed E-state index contributed by atoms with van der Waals surface area (Å²) in [6, 6.07) is 2.87. The zero-order valence-corrected chi connectivity index (χ0v) is 13.0. The van der Waals surface area contributed by atoms with Gasteiger partial charge in [-0.1, -0.05) is 17.8 Å². The molecule has 10 heteroatoms. The first kappa shape index (κ1) is 17.9. The van der Waals surface area contributed by atoms with E-state index in [0.717, 1.165) is 34.9 Å². The van der Waals surface area contributed by atoms with E-state index in [2.05, 4.69) is 10.1 Å². The first-order valence-corrected chi connectivity index (χ1v) is 7.73. The van der Waals surface area contributed by atoms with Crippen LogP contribution >= 0.6 is 11.8 Å². The number of nitrogens with one attached hydrogen (secondary N) is 1. The van der Waals surface area contributed by atoms with Crippen LogP contribution in [-0.2, 0) is 14.3 Å². The lowest BCUT2D eigenvalue weighted by atomic mass is 10.2. The topological polar surface area (TPSA) is 92.8 Å². The largest absolute Gasteiger partial charge is 0.452 e. The fraction of sp³-hybridized carbons (Fsp3) is 0.286. The van der Waals surface area contributed by atoms with Gasteiger partial charge in [0.25, 0.3) is 11.1 Å². The average molecular weight is 358 g/mol. The highest BCUT2D eigenvalue weighted by molar-refractivity contribution is 8.14. The van der Waals surface area contributed by atoms with Crippen molar-refractivity contribution in [3.63, 3.8) is 0 Å².